The van der Waals surface area contributed by atoms with E-state index in [1.54, 1.807) is 0 Å². The number of likely N-dealkylation sites (N-methyl/N-ethyl adjacent to an activating group) is 1. The first-order valence-corrected chi connectivity index (χ1v) is 5.93. The lowest BCUT2D eigenvalue weighted by Gasteiger charge is -2.33. The number of hydrogen-bond acceptors (Lipinski definition) is 3. The number of rotatable bonds is 5. The summed E-state index contributed by atoms with van der Waals surface area (Å²) in [5.74, 6) is 0.842. The molecule has 1 rings (SSSR count). The Balaban J connectivity index is 2.12. The molecule has 3 heteroatoms. The molecule has 0 aromatic rings. The first-order valence-electron chi connectivity index (χ1n) is 5.93. The van der Waals surface area contributed by atoms with Crippen molar-refractivity contribution in [1.82, 2.24) is 15.3 Å². The monoisotopic (exact) mass is 199 g/mol. The minimum Gasteiger partial charge on any atom is -0.304 e. The molecule has 1 fully saturated rings. The van der Waals surface area contributed by atoms with Crippen LogP contribution < -0.4 is 5.43 Å². The van der Waals surface area contributed by atoms with Crippen LogP contribution in [0.1, 0.15) is 26.7 Å². The van der Waals surface area contributed by atoms with E-state index in [0.29, 0.717) is 0 Å². The molecule has 1 aliphatic rings. The molecule has 0 atom stereocenters. The first kappa shape index (κ1) is 12.0. The summed E-state index contributed by atoms with van der Waals surface area (Å²) in [6.45, 7) is 10.4. The molecule has 1 aliphatic heterocycles. The Labute approximate surface area is 88.4 Å². The highest BCUT2D eigenvalue weighted by atomic mass is 15.5. The summed E-state index contributed by atoms with van der Waals surface area (Å²) in [4.78, 5) is 2.38. The lowest BCUT2D eigenvalue weighted by atomic mass is 10.0. The van der Waals surface area contributed by atoms with E-state index >= 15 is 0 Å². The number of nitrogens with one attached hydrogen (secondary N) is 1. The number of piperazine rings is 1. The van der Waals surface area contributed by atoms with Crippen molar-refractivity contribution >= 4 is 0 Å². The predicted molar refractivity (Wildman–Crippen MR) is 61.1 cm³/mol. The molecule has 0 amide bonds. The van der Waals surface area contributed by atoms with E-state index in [9.17, 15) is 0 Å². The molecule has 0 aliphatic carbocycles. The lowest BCUT2D eigenvalue weighted by molar-refractivity contribution is 0.0970. The Morgan fingerprint density at radius 3 is 2.14 bits per heavy atom. The van der Waals surface area contributed by atoms with Gasteiger partial charge in [0.25, 0.3) is 0 Å². The molecule has 14 heavy (non-hydrogen) atoms. The van der Waals surface area contributed by atoms with Gasteiger partial charge in [-0.3, -0.25) is 5.43 Å². The number of nitrogens with zero attached hydrogens (tertiary/aromatic N) is 2. The van der Waals surface area contributed by atoms with Crippen molar-refractivity contribution < 1.29 is 0 Å². The summed E-state index contributed by atoms with van der Waals surface area (Å²) < 4.78 is 0. The van der Waals surface area contributed by atoms with Gasteiger partial charge in [0.1, 0.15) is 0 Å². The minimum atomic E-state index is 0.842. The van der Waals surface area contributed by atoms with Crippen molar-refractivity contribution in [1.29, 1.82) is 0 Å². The maximum Gasteiger partial charge on any atom is 0.0259 e. The van der Waals surface area contributed by atoms with Gasteiger partial charge in [-0.1, -0.05) is 26.7 Å². The lowest BCUT2D eigenvalue weighted by Crippen LogP contribution is -2.51. The van der Waals surface area contributed by atoms with E-state index in [1.165, 1.54) is 25.9 Å². The molecule has 0 spiro atoms. The van der Waals surface area contributed by atoms with Crippen LogP contribution in [0, 0.1) is 5.92 Å². The van der Waals surface area contributed by atoms with Crippen LogP contribution in [0.5, 0.6) is 0 Å². The smallest absolute Gasteiger partial charge is 0.0259 e. The second kappa shape index (κ2) is 6.38. The van der Waals surface area contributed by atoms with Gasteiger partial charge >= 0.3 is 0 Å². The van der Waals surface area contributed by atoms with Crippen molar-refractivity contribution in [2.45, 2.75) is 26.7 Å². The van der Waals surface area contributed by atoms with Gasteiger partial charge < -0.3 is 4.90 Å². The summed E-state index contributed by atoms with van der Waals surface area (Å²) in [6, 6.07) is 0. The minimum absolute atomic E-state index is 0.842. The molecule has 0 unspecified atom stereocenters. The largest absolute Gasteiger partial charge is 0.304 e. The fraction of sp³-hybridized carbons (Fsp3) is 1.00. The van der Waals surface area contributed by atoms with Crippen LogP contribution in [0.2, 0.25) is 0 Å². The van der Waals surface area contributed by atoms with Crippen LogP contribution in [0.15, 0.2) is 0 Å². The molecule has 1 saturated heterocycles. The van der Waals surface area contributed by atoms with Crippen LogP contribution in [0.4, 0.5) is 0 Å². The zero-order valence-electron chi connectivity index (χ0n) is 9.92. The summed E-state index contributed by atoms with van der Waals surface area (Å²) >= 11 is 0. The summed E-state index contributed by atoms with van der Waals surface area (Å²) in [6.07, 6.45) is 2.58. The topological polar surface area (TPSA) is 18.5 Å². The summed E-state index contributed by atoms with van der Waals surface area (Å²) in [7, 11) is 2.19. The van der Waals surface area contributed by atoms with Gasteiger partial charge in [0, 0.05) is 32.7 Å². The van der Waals surface area contributed by atoms with Crippen LogP contribution in [0.3, 0.4) is 0 Å². The normalized spacial score (nSPS) is 20.6. The van der Waals surface area contributed by atoms with Crippen molar-refractivity contribution in [3.63, 3.8) is 0 Å². The standard InChI is InChI=1S/C11H25N3/c1-4-11(5-2)10-12-14-8-6-13(3)7-9-14/h11-12H,4-10H2,1-3H3. The van der Waals surface area contributed by atoms with Gasteiger partial charge in [-0.15, -0.1) is 0 Å². The first-order chi connectivity index (χ1) is 6.76. The van der Waals surface area contributed by atoms with Gasteiger partial charge in [-0.25, -0.2) is 5.01 Å². The molecular weight excluding hydrogens is 174 g/mol. The molecule has 84 valence electrons. The average Bonchev–Trinajstić information content (AvgIpc) is 2.22. The molecular formula is C11H25N3. The Kier molecular flexibility index (Phi) is 5.45. The molecule has 1 N–H and O–H groups in total. The van der Waals surface area contributed by atoms with Crippen molar-refractivity contribution in [2.24, 2.45) is 5.92 Å². The summed E-state index contributed by atoms with van der Waals surface area (Å²) in [5, 5.41) is 2.37. The van der Waals surface area contributed by atoms with E-state index in [-0.39, 0.29) is 0 Å². The van der Waals surface area contributed by atoms with Gasteiger partial charge in [0.2, 0.25) is 0 Å². The SMILES string of the molecule is CCC(CC)CNN1CCN(C)CC1. The Hall–Kier alpha value is -0.120. The number of hydrogen-bond donors (Lipinski definition) is 1. The predicted octanol–water partition coefficient (Wildman–Crippen LogP) is 1.17. The molecule has 3 nitrogen and oxygen atoms in total. The Morgan fingerprint density at radius 2 is 1.64 bits per heavy atom. The van der Waals surface area contributed by atoms with Gasteiger partial charge in [-0.05, 0) is 13.0 Å². The molecule has 0 saturated carbocycles. The average molecular weight is 199 g/mol. The van der Waals surface area contributed by atoms with Crippen LogP contribution >= 0.6 is 0 Å². The fourth-order valence-corrected chi connectivity index (χ4v) is 1.80. The molecule has 1 heterocycles. The Bertz CT molecular complexity index is 137. The van der Waals surface area contributed by atoms with Crippen molar-refractivity contribution in [3.8, 4) is 0 Å². The van der Waals surface area contributed by atoms with Crippen molar-refractivity contribution in [2.75, 3.05) is 39.8 Å². The van der Waals surface area contributed by atoms with Crippen LogP contribution in [-0.4, -0.2) is 49.7 Å². The molecule has 0 radical (unpaired) electrons. The van der Waals surface area contributed by atoms with Gasteiger partial charge in [-0.2, -0.15) is 0 Å². The van der Waals surface area contributed by atoms with Crippen LogP contribution in [-0.2, 0) is 0 Å². The third-order valence-electron chi connectivity index (χ3n) is 3.26. The Morgan fingerprint density at radius 1 is 1.07 bits per heavy atom. The highest BCUT2D eigenvalue weighted by Crippen LogP contribution is 2.06. The van der Waals surface area contributed by atoms with E-state index in [4.69, 9.17) is 0 Å². The maximum absolute atomic E-state index is 3.55. The third-order valence-corrected chi connectivity index (χ3v) is 3.26. The highest BCUT2D eigenvalue weighted by molar-refractivity contribution is 4.67. The fourth-order valence-electron chi connectivity index (χ4n) is 1.80. The maximum atomic E-state index is 3.55. The molecule has 0 bridgehead atoms. The zero-order valence-corrected chi connectivity index (χ0v) is 9.92. The second-order valence-electron chi connectivity index (χ2n) is 4.34. The molecule has 0 aromatic heterocycles. The summed E-state index contributed by atoms with van der Waals surface area (Å²) in [5.41, 5.74) is 3.55. The van der Waals surface area contributed by atoms with Crippen LogP contribution in [0.25, 0.3) is 0 Å². The van der Waals surface area contributed by atoms with E-state index in [2.05, 4.69) is 36.2 Å². The quantitative estimate of drug-likeness (QED) is 0.717. The van der Waals surface area contributed by atoms with E-state index in [1.807, 2.05) is 0 Å². The number of hydrazine groups is 1. The van der Waals surface area contributed by atoms with Gasteiger partial charge in [0.05, 0.1) is 0 Å². The van der Waals surface area contributed by atoms with Crippen molar-refractivity contribution in [3.05, 3.63) is 0 Å². The zero-order chi connectivity index (χ0) is 10.4. The second-order valence-corrected chi connectivity index (χ2v) is 4.34. The van der Waals surface area contributed by atoms with E-state index in [0.717, 1.165) is 25.6 Å². The molecule has 0 aromatic carbocycles. The highest BCUT2D eigenvalue weighted by Gasteiger charge is 2.13. The van der Waals surface area contributed by atoms with Gasteiger partial charge in [0.15, 0.2) is 0 Å². The van der Waals surface area contributed by atoms with E-state index < -0.39 is 0 Å². The third kappa shape index (κ3) is 3.95.